The summed E-state index contributed by atoms with van der Waals surface area (Å²) in [4.78, 5) is 37.5. The number of primary amides is 1. The van der Waals surface area contributed by atoms with Crippen LogP contribution in [0.4, 0.5) is 0 Å². The second-order valence-corrected chi connectivity index (χ2v) is 5.78. The zero-order valence-corrected chi connectivity index (χ0v) is 12.2. The van der Waals surface area contributed by atoms with E-state index >= 15 is 0 Å². The lowest BCUT2D eigenvalue weighted by Gasteiger charge is -2.34. The standard InChI is InChI=1S/C16H18N2O4/c17-14(19)11-5-3-7-18(9-11)15(20)13-8-10-4-1-2-6-12(10)16(21)22-13/h1-2,4,6,11,13H,3,5,7-9H2,(H2,17,19)/t11-,13+/m0/s1. The number of rotatable bonds is 2. The first-order valence-corrected chi connectivity index (χ1v) is 7.43. The summed E-state index contributed by atoms with van der Waals surface area (Å²) in [5.74, 6) is -1.41. The molecule has 0 aliphatic carbocycles. The van der Waals surface area contributed by atoms with Gasteiger partial charge in [0.05, 0.1) is 11.5 Å². The highest BCUT2D eigenvalue weighted by atomic mass is 16.5. The molecule has 1 saturated heterocycles. The SMILES string of the molecule is NC(=O)[C@H]1CCCN(C(=O)[C@H]2Cc3ccccc3C(=O)O2)C1. The van der Waals surface area contributed by atoms with Crippen LogP contribution in [0.15, 0.2) is 24.3 Å². The van der Waals surface area contributed by atoms with Crippen molar-refractivity contribution < 1.29 is 19.1 Å². The lowest BCUT2D eigenvalue weighted by Crippen LogP contribution is -2.50. The molecular formula is C16H18N2O4. The maximum Gasteiger partial charge on any atom is 0.339 e. The Morgan fingerprint density at radius 3 is 2.82 bits per heavy atom. The highest BCUT2D eigenvalue weighted by Crippen LogP contribution is 2.24. The van der Waals surface area contributed by atoms with Gasteiger partial charge in [-0.15, -0.1) is 0 Å². The van der Waals surface area contributed by atoms with Crippen LogP contribution in [0, 0.1) is 5.92 Å². The van der Waals surface area contributed by atoms with Gasteiger partial charge in [-0.3, -0.25) is 9.59 Å². The number of nitrogens with zero attached hydrogens (tertiary/aromatic N) is 1. The molecule has 0 saturated carbocycles. The van der Waals surface area contributed by atoms with Crippen LogP contribution in [0.2, 0.25) is 0 Å². The Hall–Kier alpha value is -2.37. The third kappa shape index (κ3) is 2.68. The minimum atomic E-state index is -0.811. The van der Waals surface area contributed by atoms with Gasteiger partial charge in [0.1, 0.15) is 0 Å². The number of amides is 2. The number of hydrogen-bond donors (Lipinski definition) is 1. The summed E-state index contributed by atoms with van der Waals surface area (Å²) in [6, 6.07) is 7.13. The van der Waals surface area contributed by atoms with Crippen molar-refractivity contribution in [3.63, 3.8) is 0 Å². The zero-order valence-electron chi connectivity index (χ0n) is 12.2. The number of fused-ring (bicyclic) bond motifs is 1. The first-order valence-electron chi connectivity index (χ1n) is 7.43. The Bertz CT molecular complexity index is 628. The number of hydrogen-bond acceptors (Lipinski definition) is 4. The first-order chi connectivity index (χ1) is 10.6. The van der Waals surface area contributed by atoms with Gasteiger partial charge in [-0.25, -0.2) is 4.79 Å². The van der Waals surface area contributed by atoms with Gasteiger partial charge in [-0.05, 0) is 24.5 Å². The molecular weight excluding hydrogens is 284 g/mol. The van der Waals surface area contributed by atoms with Crippen LogP contribution in [0.5, 0.6) is 0 Å². The fraction of sp³-hybridized carbons (Fsp3) is 0.438. The normalized spacial score (nSPS) is 24.4. The molecule has 0 bridgehead atoms. The number of esters is 1. The molecule has 2 atom stereocenters. The predicted octanol–water partition coefficient (Wildman–Crippen LogP) is 0.492. The van der Waals surface area contributed by atoms with Gasteiger partial charge in [0, 0.05) is 19.5 Å². The van der Waals surface area contributed by atoms with Gasteiger partial charge in [-0.1, -0.05) is 18.2 Å². The average molecular weight is 302 g/mol. The molecule has 2 heterocycles. The highest BCUT2D eigenvalue weighted by Gasteiger charge is 2.36. The molecule has 1 fully saturated rings. The Labute approximate surface area is 128 Å². The molecule has 6 nitrogen and oxygen atoms in total. The van der Waals surface area contributed by atoms with Gasteiger partial charge in [0.2, 0.25) is 5.91 Å². The van der Waals surface area contributed by atoms with Crippen LogP contribution < -0.4 is 5.73 Å². The van der Waals surface area contributed by atoms with Crippen molar-refractivity contribution >= 4 is 17.8 Å². The van der Waals surface area contributed by atoms with Crippen molar-refractivity contribution in [1.29, 1.82) is 0 Å². The molecule has 0 unspecified atom stereocenters. The van der Waals surface area contributed by atoms with Gasteiger partial charge in [-0.2, -0.15) is 0 Å². The Morgan fingerprint density at radius 2 is 2.05 bits per heavy atom. The van der Waals surface area contributed by atoms with Gasteiger partial charge >= 0.3 is 5.97 Å². The van der Waals surface area contributed by atoms with Crippen LogP contribution in [-0.2, 0) is 20.7 Å². The van der Waals surface area contributed by atoms with Crippen LogP contribution >= 0.6 is 0 Å². The summed E-state index contributed by atoms with van der Waals surface area (Å²) in [6.07, 6.45) is 0.996. The van der Waals surface area contributed by atoms with Crippen LogP contribution in [-0.4, -0.2) is 41.9 Å². The minimum absolute atomic E-state index is 0.242. The molecule has 6 heteroatoms. The van der Waals surface area contributed by atoms with E-state index in [0.29, 0.717) is 31.5 Å². The van der Waals surface area contributed by atoms with E-state index in [-0.39, 0.29) is 17.7 Å². The molecule has 3 rings (SSSR count). The van der Waals surface area contributed by atoms with Crippen LogP contribution in [0.1, 0.15) is 28.8 Å². The predicted molar refractivity (Wildman–Crippen MR) is 77.8 cm³/mol. The molecule has 0 radical (unpaired) electrons. The molecule has 0 aromatic heterocycles. The van der Waals surface area contributed by atoms with Crippen molar-refractivity contribution in [2.75, 3.05) is 13.1 Å². The number of ether oxygens (including phenoxy) is 1. The summed E-state index contributed by atoms with van der Waals surface area (Å²) in [6.45, 7) is 0.877. The van der Waals surface area contributed by atoms with Crippen molar-refractivity contribution in [2.24, 2.45) is 11.7 Å². The van der Waals surface area contributed by atoms with Crippen molar-refractivity contribution in [3.8, 4) is 0 Å². The van der Waals surface area contributed by atoms with E-state index in [0.717, 1.165) is 12.0 Å². The first kappa shape index (κ1) is 14.6. The van der Waals surface area contributed by atoms with Crippen LogP contribution in [0.3, 0.4) is 0 Å². The Balaban J connectivity index is 1.74. The summed E-state index contributed by atoms with van der Waals surface area (Å²) >= 11 is 0. The summed E-state index contributed by atoms with van der Waals surface area (Å²) in [5, 5.41) is 0. The van der Waals surface area contributed by atoms with E-state index < -0.39 is 12.1 Å². The fourth-order valence-electron chi connectivity index (χ4n) is 3.08. The second-order valence-electron chi connectivity index (χ2n) is 5.78. The van der Waals surface area contributed by atoms with E-state index in [1.54, 1.807) is 17.0 Å². The van der Waals surface area contributed by atoms with Crippen molar-refractivity contribution in [1.82, 2.24) is 4.90 Å². The smallest absolute Gasteiger partial charge is 0.339 e. The topological polar surface area (TPSA) is 89.7 Å². The monoisotopic (exact) mass is 302 g/mol. The number of benzene rings is 1. The molecule has 1 aromatic rings. The number of likely N-dealkylation sites (tertiary alicyclic amines) is 1. The van der Waals surface area contributed by atoms with E-state index in [9.17, 15) is 14.4 Å². The summed E-state index contributed by atoms with van der Waals surface area (Å²) in [7, 11) is 0. The number of piperidine rings is 1. The van der Waals surface area contributed by atoms with Gasteiger partial charge in [0.25, 0.3) is 5.91 Å². The number of carbonyl (C=O) groups excluding carboxylic acids is 3. The maximum atomic E-state index is 12.6. The van der Waals surface area contributed by atoms with Gasteiger partial charge in [0.15, 0.2) is 6.10 Å². The molecule has 2 amide bonds. The minimum Gasteiger partial charge on any atom is -0.448 e. The van der Waals surface area contributed by atoms with Crippen molar-refractivity contribution in [3.05, 3.63) is 35.4 Å². The van der Waals surface area contributed by atoms with E-state index in [1.165, 1.54) is 0 Å². The number of nitrogens with two attached hydrogens (primary N) is 1. The molecule has 116 valence electrons. The zero-order chi connectivity index (χ0) is 15.7. The van der Waals surface area contributed by atoms with E-state index in [1.807, 2.05) is 12.1 Å². The molecule has 22 heavy (non-hydrogen) atoms. The molecule has 0 spiro atoms. The largest absolute Gasteiger partial charge is 0.448 e. The lowest BCUT2D eigenvalue weighted by molar-refractivity contribution is -0.144. The second kappa shape index (κ2) is 5.79. The Morgan fingerprint density at radius 1 is 1.27 bits per heavy atom. The number of cyclic esters (lactones) is 1. The molecule has 2 aliphatic heterocycles. The average Bonchev–Trinajstić information content (AvgIpc) is 2.54. The van der Waals surface area contributed by atoms with Crippen LogP contribution in [0.25, 0.3) is 0 Å². The van der Waals surface area contributed by atoms with E-state index in [4.69, 9.17) is 10.5 Å². The molecule has 2 N–H and O–H groups in total. The Kier molecular flexibility index (Phi) is 3.83. The maximum absolute atomic E-state index is 12.6. The fourth-order valence-corrected chi connectivity index (χ4v) is 3.08. The third-order valence-electron chi connectivity index (χ3n) is 4.30. The third-order valence-corrected chi connectivity index (χ3v) is 4.30. The number of carbonyl (C=O) groups is 3. The molecule has 1 aromatic carbocycles. The summed E-state index contributed by atoms with van der Waals surface area (Å²) in [5.41, 5.74) is 6.67. The highest BCUT2D eigenvalue weighted by molar-refractivity contribution is 5.96. The van der Waals surface area contributed by atoms with Gasteiger partial charge < -0.3 is 15.4 Å². The summed E-state index contributed by atoms with van der Waals surface area (Å²) < 4.78 is 5.28. The quantitative estimate of drug-likeness (QED) is 0.805. The van der Waals surface area contributed by atoms with Crippen molar-refractivity contribution in [2.45, 2.75) is 25.4 Å². The van der Waals surface area contributed by atoms with E-state index in [2.05, 4.69) is 0 Å². The lowest BCUT2D eigenvalue weighted by atomic mass is 9.95. The molecule has 2 aliphatic rings.